The van der Waals surface area contributed by atoms with E-state index in [2.05, 4.69) is 5.32 Å². The molecule has 0 aliphatic heterocycles. The number of hydrogen-bond acceptors (Lipinski definition) is 4. The number of sulfonamides is 1. The predicted octanol–water partition coefficient (Wildman–Crippen LogP) is 5.88. The van der Waals surface area contributed by atoms with Crippen molar-refractivity contribution >= 4 is 27.5 Å². The molecule has 0 aliphatic carbocycles. The SMILES string of the molecule is CC[C@H](C)NC(=O)[C@H](Cc1ccccc1)N(Cc1cccc(C)c1)C(=O)CN(c1ccccc1F)S(=O)(=O)c1ccccc1. The molecule has 4 rings (SSSR count). The highest BCUT2D eigenvalue weighted by atomic mass is 32.2. The van der Waals surface area contributed by atoms with Crippen LogP contribution >= 0.6 is 0 Å². The molecular formula is C35H38FN3O4S. The van der Waals surface area contributed by atoms with Crippen LogP contribution in [0.3, 0.4) is 0 Å². The van der Waals surface area contributed by atoms with Crippen molar-refractivity contribution < 1.29 is 22.4 Å². The number of halogens is 1. The third kappa shape index (κ3) is 8.11. The summed E-state index contributed by atoms with van der Waals surface area (Å²) in [5.41, 5.74) is 2.32. The number of benzene rings is 4. The average Bonchev–Trinajstić information content (AvgIpc) is 3.02. The van der Waals surface area contributed by atoms with Gasteiger partial charge in [0.25, 0.3) is 10.0 Å². The van der Waals surface area contributed by atoms with Gasteiger partial charge in [-0.25, -0.2) is 12.8 Å². The van der Waals surface area contributed by atoms with Crippen molar-refractivity contribution in [2.45, 2.75) is 57.1 Å². The third-order valence-electron chi connectivity index (χ3n) is 7.44. The minimum absolute atomic E-state index is 0.0441. The molecule has 230 valence electrons. The Labute approximate surface area is 259 Å². The first-order chi connectivity index (χ1) is 21.1. The number of nitrogens with one attached hydrogen (secondary N) is 1. The van der Waals surface area contributed by atoms with Crippen molar-refractivity contribution in [2.24, 2.45) is 0 Å². The molecule has 4 aromatic rings. The number of hydrogen-bond donors (Lipinski definition) is 1. The minimum Gasteiger partial charge on any atom is -0.352 e. The molecule has 0 radical (unpaired) electrons. The van der Waals surface area contributed by atoms with E-state index >= 15 is 4.39 Å². The van der Waals surface area contributed by atoms with Gasteiger partial charge in [0, 0.05) is 19.0 Å². The average molecular weight is 616 g/mol. The van der Waals surface area contributed by atoms with Crippen LogP contribution in [0.15, 0.2) is 114 Å². The number of carbonyl (C=O) groups excluding carboxylic acids is 2. The van der Waals surface area contributed by atoms with Gasteiger partial charge in [-0.15, -0.1) is 0 Å². The number of anilines is 1. The van der Waals surface area contributed by atoms with Gasteiger partial charge in [0.05, 0.1) is 10.6 Å². The molecule has 44 heavy (non-hydrogen) atoms. The van der Waals surface area contributed by atoms with Crippen LogP contribution in [-0.2, 0) is 32.6 Å². The van der Waals surface area contributed by atoms with E-state index in [4.69, 9.17) is 0 Å². The lowest BCUT2D eigenvalue weighted by atomic mass is 10.0. The summed E-state index contributed by atoms with van der Waals surface area (Å²) in [5, 5.41) is 3.01. The van der Waals surface area contributed by atoms with Crippen molar-refractivity contribution in [3.63, 3.8) is 0 Å². The van der Waals surface area contributed by atoms with Gasteiger partial charge < -0.3 is 10.2 Å². The molecule has 2 atom stereocenters. The Morgan fingerprint density at radius 1 is 0.841 bits per heavy atom. The zero-order chi connectivity index (χ0) is 31.7. The maximum absolute atomic E-state index is 15.2. The summed E-state index contributed by atoms with van der Waals surface area (Å²) in [4.78, 5) is 29.6. The van der Waals surface area contributed by atoms with E-state index in [0.29, 0.717) is 6.42 Å². The lowest BCUT2D eigenvalue weighted by molar-refractivity contribution is -0.140. The summed E-state index contributed by atoms with van der Waals surface area (Å²) in [5.74, 6) is -1.79. The van der Waals surface area contributed by atoms with Crippen LogP contribution < -0.4 is 9.62 Å². The van der Waals surface area contributed by atoms with Crippen LogP contribution in [-0.4, -0.2) is 43.8 Å². The quantitative estimate of drug-likeness (QED) is 0.203. The van der Waals surface area contributed by atoms with Crippen molar-refractivity contribution in [3.05, 3.63) is 132 Å². The van der Waals surface area contributed by atoms with Crippen LogP contribution in [0.5, 0.6) is 0 Å². The number of carbonyl (C=O) groups is 2. The predicted molar refractivity (Wildman–Crippen MR) is 171 cm³/mol. The van der Waals surface area contributed by atoms with Crippen molar-refractivity contribution in [2.75, 3.05) is 10.8 Å². The van der Waals surface area contributed by atoms with E-state index in [0.717, 1.165) is 27.1 Å². The number of nitrogens with zero attached hydrogens (tertiary/aromatic N) is 2. The minimum atomic E-state index is -4.37. The second-order valence-electron chi connectivity index (χ2n) is 10.8. The number of rotatable bonds is 13. The molecule has 7 nitrogen and oxygen atoms in total. The van der Waals surface area contributed by atoms with E-state index in [-0.39, 0.29) is 35.5 Å². The van der Waals surface area contributed by atoms with E-state index < -0.39 is 34.3 Å². The van der Waals surface area contributed by atoms with Gasteiger partial charge in [0.15, 0.2) is 0 Å². The molecule has 1 N–H and O–H groups in total. The van der Waals surface area contributed by atoms with Crippen molar-refractivity contribution in [3.8, 4) is 0 Å². The molecule has 0 heterocycles. The second kappa shape index (κ2) is 14.8. The van der Waals surface area contributed by atoms with Crippen molar-refractivity contribution in [1.29, 1.82) is 0 Å². The van der Waals surface area contributed by atoms with Gasteiger partial charge in [0.2, 0.25) is 11.8 Å². The largest absolute Gasteiger partial charge is 0.352 e. The first-order valence-corrected chi connectivity index (χ1v) is 16.1. The molecule has 0 spiro atoms. The number of para-hydroxylation sites is 1. The molecule has 0 saturated heterocycles. The maximum atomic E-state index is 15.2. The van der Waals surface area contributed by atoms with E-state index in [1.54, 1.807) is 18.2 Å². The van der Waals surface area contributed by atoms with Crippen LogP contribution in [0.2, 0.25) is 0 Å². The first kappa shape index (κ1) is 32.4. The van der Waals surface area contributed by atoms with Gasteiger partial charge in [-0.05, 0) is 55.7 Å². The van der Waals surface area contributed by atoms with Gasteiger partial charge in [0.1, 0.15) is 18.4 Å². The fraction of sp³-hybridized carbons (Fsp3) is 0.257. The van der Waals surface area contributed by atoms with Crippen LogP contribution in [0.4, 0.5) is 10.1 Å². The Hall–Kier alpha value is -4.50. The Morgan fingerprint density at radius 2 is 1.45 bits per heavy atom. The third-order valence-corrected chi connectivity index (χ3v) is 9.21. The van der Waals surface area contributed by atoms with Crippen LogP contribution in [0.1, 0.15) is 37.0 Å². The zero-order valence-electron chi connectivity index (χ0n) is 25.2. The summed E-state index contributed by atoms with van der Waals surface area (Å²) in [6, 6.07) is 28.8. The summed E-state index contributed by atoms with van der Waals surface area (Å²) < 4.78 is 43.8. The van der Waals surface area contributed by atoms with Crippen LogP contribution in [0.25, 0.3) is 0 Å². The van der Waals surface area contributed by atoms with Gasteiger partial charge in [-0.3, -0.25) is 13.9 Å². The van der Waals surface area contributed by atoms with Gasteiger partial charge >= 0.3 is 0 Å². The standard InChI is InChI=1S/C35H38FN3O4S/c1-4-27(3)37-35(41)33(23-28-15-7-5-8-16-28)38(24-29-17-13-14-26(2)22-29)34(40)25-39(32-21-12-11-20-31(32)36)44(42,43)30-18-9-6-10-19-30/h5-22,27,33H,4,23-25H2,1-3H3,(H,37,41)/t27-,33-/m0/s1. The molecule has 0 aliphatic rings. The smallest absolute Gasteiger partial charge is 0.264 e. The summed E-state index contributed by atoms with van der Waals surface area (Å²) in [7, 11) is -4.37. The maximum Gasteiger partial charge on any atom is 0.264 e. The van der Waals surface area contributed by atoms with E-state index in [1.165, 1.54) is 35.2 Å². The summed E-state index contributed by atoms with van der Waals surface area (Å²) in [6.07, 6.45) is 0.887. The molecule has 0 fully saturated rings. The van der Waals surface area contributed by atoms with E-state index in [9.17, 15) is 18.0 Å². The molecule has 0 unspecified atom stereocenters. The van der Waals surface area contributed by atoms with Gasteiger partial charge in [-0.2, -0.15) is 0 Å². The first-order valence-electron chi connectivity index (χ1n) is 14.6. The van der Waals surface area contributed by atoms with Crippen LogP contribution in [0, 0.1) is 12.7 Å². The topological polar surface area (TPSA) is 86.8 Å². The summed E-state index contributed by atoms with van der Waals surface area (Å²) in [6.45, 7) is 5.09. The zero-order valence-corrected chi connectivity index (χ0v) is 26.0. The highest BCUT2D eigenvalue weighted by Gasteiger charge is 2.35. The molecular weight excluding hydrogens is 577 g/mol. The molecule has 0 aromatic heterocycles. The highest BCUT2D eigenvalue weighted by Crippen LogP contribution is 2.27. The second-order valence-corrected chi connectivity index (χ2v) is 12.7. The fourth-order valence-corrected chi connectivity index (χ4v) is 6.33. The van der Waals surface area contributed by atoms with Gasteiger partial charge in [-0.1, -0.05) is 97.4 Å². The Kier molecular flexibility index (Phi) is 10.9. The molecule has 9 heteroatoms. The Balaban J connectivity index is 1.81. The van der Waals surface area contributed by atoms with E-state index in [1.807, 2.05) is 75.4 Å². The Bertz CT molecular complexity index is 1670. The number of amides is 2. The molecule has 2 amide bonds. The Morgan fingerprint density at radius 3 is 2.09 bits per heavy atom. The number of aryl methyl sites for hydroxylation is 1. The molecule has 0 bridgehead atoms. The monoisotopic (exact) mass is 615 g/mol. The lowest BCUT2D eigenvalue weighted by Gasteiger charge is -2.34. The summed E-state index contributed by atoms with van der Waals surface area (Å²) >= 11 is 0. The normalized spacial score (nSPS) is 12.6. The molecule has 4 aromatic carbocycles. The van der Waals surface area contributed by atoms with Crippen molar-refractivity contribution in [1.82, 2.24) is 10.2 Å². The fourth-order valence-electron chi connectivity index (χ4n) is 4.89. The highest BCUT2D eigenvalue weighted by molar-refractivity contribution is 7.92. The molecule has 0 saturated carbocycles. The lowest BCUT2D eigenvalue weighted by Crippen LogP contribution is -2.54.